The number of hydrogen-bond acceptors (Lipinski definition) is 7. The van der Waals surface area contributed by atoms with Gasteiger partial charge in [0.2, 0.25) is 0 Å². The van der Waals surface area contributed by atoms with Crippen LogP contribution in [0.2, 0.25) is 0 Å². The molecule has 7 heteroatoms. The van der Waals surface area contributed by atoms with Crippen LogP contribution in [0.25, 0.3) is 0 Å². The predicted octanol–water partition coefficient (Wildman–Crippen LogP) is 2.89. The Kier molecular flexibility index (Phi) is 9.81. The van der Waals surface area contributed by atoms with Crippen LogP contribution in [-0.2, 0) is 11.3 Å². The van der Waals surface area contributed by atoms with Gasteiger partial charge in [-0.05, 0) is 50.2 Å². The summed E-state index contributed by atoms with van der Waals surface area (Å²) in [6.07, 6.45) is -0.583. The molecule has 1 unspecified atom stereocenters. The van der Waals surface area contributed by atoms with Gasteiger partial charge in [-0.25, -0.2) is 0 Å². The number of hydrogen-bond donors (Lipinski definition) is 1. The van der Waals surface area contributed by atoms with Gasteiger partial charge in [-0.3, -0.25) is 9.80 Å². The third-order valence-electron chi connectivity index (χ3n) is 5.73. The van der Waals surface area contributed by atoms with Crippen molar-refractivity contribution in [3.8, 4) is 17.2 Å². The molecular weight excluding hydrogens is 420 g/mol. The number of benzene rings is 2. The van der Waals surface area contributed by atoms with Gasteiger partial charge in [0.05, 0.1) is 20.3 Å². The first-order valence-electron chi connectivity index (χ1n) is 11.6. The number of aliphatic hydroxyl groups excluding tert-OH is 1. The maximum absolute atomic E-state index is 10.4. The molecule has 182 valence electrons. The summed E-state index contributed by atoms with van der Waals surface area (Å²) in [5.74, 6) is 2.29. The number of aliphatic hydroxyl groups is 1. The zero-order chi connectivity index (χ0) is 23.6. The Morgan fingerprint density at radius 2 is 1.79 bits per heavy atom. The van der Waals surface area contributed by atoms with Gasteiger partial charge in [0, 0.05) is 32.7 Å². The zero-order valence-electron chi connectivity index (χ0n) is 20.4. The molecular formula is C26H38N2O5. The minimum absolute atomic E-state index is 0.257. The van der Waals surface area contributed by atoms with E-state index in [1.807, 2.05) is 44.3 Å². The maximum atomic E-state index is 10.4. The molecule has 0 saturated carbocycles. The fraction of sp³-hybridized carbons (Fsp3) is 0.538. The summed E-state index contributed by atoms with van der Waals surface area (Å²) in [7, 11) is 3.64. The van der Waals surface area contributed by atoms with Crippen molar-refractivity contribution >= 4 is 0 Å². The van der Waals surface area contributed by atoms with Crippen LogP contribution < -0.4 is 14.2 Å². The second-order valence-electron chi connectivity index (χ2n) is 8.72. The molecule has 1 aliphatic rings. The van der Waals surface area contributed by atoms with Gasteiger partial charge in [-0.15, -0.1) is 0 Å². The average molecular weight is 459 g/mol. The summed E-state index contributed by atoms with van der Waals surface area (Å²) >= 11 is 0. The summed E-state index contributed by atoms with van der Waals surface area (Å²) in [6.45, 7) is 10.5. The lowest BCUT2D eigenvalue weighted by Crippen LogP contribution is -2.38. The van der Waals surface area contributed by atoms with Crippen LogP contribution in [0.3, 0.4) is 0 Å². The van der Waals surface area contributed by atoms with E-state index in [1.54, 1.807) is 7.11 Å². The molecule has 1 atom stereocenters. The highest BCUT2D eigenvalue weighted by molar-refractivity contribution is 5.43. The third kappa shape index (κ3) is 8.19. The van der Waals surface area contributed by atoms with Crippen LogP contribution in [0, 0.1) is 13.8 Å². The van der Waals surface area contributed by atoms with Crippen LogP contribution in [-0.4, -0.2) is 87.8 Å². The van der Waals surface area contributed by atoms with Crippen molar-refractivity contribution in [2.24, 2.45) is 0 Å². The van der Waals surface area contributed by atoms with E-state index in [-0.39, 0.29) is 6.61 Å². The summed E-state index contributed by atoms with van der Waals surface area (Å²) < 4.78 is 22.7. The topological polar surface area (TPSA) is 63.6 Å². The number of likely N-dealkylation sites (N-methyl/N-ethyl adjacent to an activating group) is 1. The van der Waals surface area contributed by atoms with Crippen molar-refractivity contribution in [1.29, 1.82) is 0 Å². The largest absolute Gasteiger partial charge is 0.493 e. The Hall–Kier alpha value is -2.32. The molecule has 1 fully saturated rings. The molecule has 33 heavy (non-hydrogen) atoms. The van der Waals surface area contributed by atoms with Crippen LogP contribution in [0.5, 0.6) is 17.2 Å². The molecule has 2 aromatic rings. The van der Waals surface area contributed by atoms with Crippen LogP contribution >= 0.6 is 0 Å². The summed E-state index contributed by atoms with van der Waals surface area (Å²) in [6, 6.07) is 12.1. The minimum Gasteiger partial charge on any atom is -0.493 e. The number of morpholine rings is 1. The molecule has 0 spiro atoms. The molecule has 0 amide bonds. The molecule has 0 aromatic heterocycles. The summed E-state index contributed by atoms with van der Waals surface area (Å²) in [4.78, 5) is 4.41. The minimum atomic E-state index is -0.583. The lowest BCUT2D eigenvalue weighted by molar-refractivity contribution is 0.0321. The predicted molar refractivity (Wildman–Crippen MR) is 129 cm³/mol. The number of nitrogens with zero attached hydrogens (tertiary/aromatic N) is 2. The maximum Gasteiger partial charge on any atom is 0.161 e. The van der Waals surface area contributed by atoms with E-state index in [2.05, 4.69) is 22.8 Å². The molecule has 2 aromatic carbocycles. The van der Waals surface area contributed by atoms with Gasteiger partial charge in [0.1, 0.15) is 25.1 Å². The first-order valence-corrected chi connectivity index (χ1v) is 11.6. The first-order chi connectivity index (χ1) is 15.9. The zero-order valence-corrected chi connectivity index (χ0v) is 20.4. The van der Waals surface area contributed by atoms with E-state index >= 15 is 0 Å². The van der Waals surface area contributed by atoms with Gasteiger partial charge < -0.3 is 24.1 Å². The van der Waals surface area contributed by atoms with Crippen LogP contribution in [0.15, 0.2) is 36.4 Å². The van der Waals surface area contributed by atoms with Crippen molar-refractivity contribution in [3.05, 3.63) is 53.1 Å². The third-order valence-corrected chi connectivity index (χ3v) is 5.73. The van der Waals surface area contributed by atoms with Gasteiger partial charge >= 0.3 is 0 Å². The van der Waals surface area contributed by atoms with Crippen molar-refractivity contribution in [2.75, 3.05) is 66.8 Å². The van der Waals surface area contributed by atoms with E-state index in [4.69, 9.17) is 18.9 Å². The van der Waals surface area contributed by atoms with Crippen molar-refractivity contribution in [2.45, 2.75) is 26.5 Å². The quantitative estimate of drug-likeness (QED) is 0.525. The Labute approximate surface area is 197 Å². The number of rotatable bonds is 12. The average Bonchev–Trinajstić information content (AvgIpc) is 2.80. The van der Waals surface area contributed by atoms with Crippen LogP contribution in [0.1, 0.15) is 16.7 Å². The van der Waals surface area contributed by atoms with Gasteiger partial charge in [0.25, 0.3) is 0 Å². The van der Waals surface area contributed by atoms with E-state index < -0.39 is 6.10 Å². The molecule has 0 bridgehead atoms. The Balaban J connectivity index is 1.44. The van der Waals surface area contributed by atoms with Gasteiger partial charge in [-0.2, -0.15) is 0 Å². The van der Waals surface area contributed by atoms with E-state index in [0.717, 1.165) is 61.2 Å². The van der Waals surface area contributed by atoms with Gasteiger partial charge in [0.15, 0.2) is 11.5 Å². The fourth-order valence-electron chi connectivity index (χ4n) is 3.98. The molecule has 7 nitrogen and oxygen atoms in total. The summed E-state index contributed by atoms with van der Waals surface area (Å²) in [5, 5.41) is 10.4. The van der Waals surface area contributed by atoms with Crippen molar-refractivity contribution in [1.82, 2.24) is 9.80 Å². The van der Waals surface area contributed by atoms with E-state index in [1.165, 1.54) is 5.56 Å². The molecule has 1 N–H and O–H groups in total. The normalized spacial score (nSPS) is 15.5. The van der Waals surface area contributed by atoms with Gasteiger partial charge in [-0.1, -0.05) is 23.8 Å². The lowest BCUT2D eigenvalue weighted by Gasteiger charge is -2.26. The molecule has 0 radical (unpaired) electrons. The standard InChI is InChI=1S/C26H38N2O5/c1-20-5-7-24(21(2)15-20)33-19-23(29)18-27(3)17-22-6-8-25(26(16-22)30-4)32-14-11-28-9-12-31-13-10-28/h5-8,15-16,23,29H,9-14,17-19H2,1-4H3. The fourth-order valence-corrected chi connectivity index (χ4v) is 3.98. The molecule has 1 saturated heterocycles. The number of aryl methyl sites for hydroxylation is 2. The smallest absolute Gasteiger partial charge is 0.161 e. The Morgan fingerprint density at radius 3 is 2.52 bits per heavy atom. The van der Waals surface area contributed by atoms with E-state index in [0.29, 0.717) is 19.7 Å². The van der Waals surface area contributed by atoms with Crippen molar-refractivity contribution in [3.63, 3.8) is 0 Å². The Morgan fingerprint density at radius 1 is 1.03 bits per heavy atom. The number of ether oxygens (including phenoxy) is 4. The Bertz CT molecular complexity index is 870. The van der Waals surface area contributed by atoms with Crippen LogP contribution in [0.4, 0.5) is 0 Å². The highest BCUT2D eigenvalue weighted by atomic mass is 16.5. The second kappa shape index (κ2) is 12.8. The molecule has 1 aliphatic heterocycles. The van der Waals surface area contributed by atoms with E-state index in [9.17, 15) is 5.11 Å². The highest BCUT2D eigenvalue weighted by Crippen LogP contribution is 2.28. The lowest BCUT2D eigenvalue weighted by atomic mass is 10.1. The SMILES string of the molecule is COc1cc(CN(C)CC(O)COc2ccc(C)cc2C)ccc1OCCN1CCOCC1. The number of methoxy groups -OCH3 is 1. The molecule has 3 rings (SSSR count). The summed E-state index contributed by atoms with van der Waals surface area (Å²) in [5.41, 5.74) is 3.37. The highest BCUT2D eigenvalue weighted by Gasteiger charge is 2.14. The monoisotopic (exact) mass is 458 g/mol. The first kappa shape index (κ1) is 25.3. The van der Waals surface area contributed by atoms with Crippen molar-refractivity contribution < 1.29 is 24.1 Å². The molecule has 0 aliphatic carbocycles. The molecule has 1 heterocycles. The second-order valence-corrected chi connectivity index (χ2v) is 8.72.